The van der Waals surface area contributed by atoms with Crippen LogP contribution in [0.15, 0.2) is 36.4 Å². The van der Waals surface area contributed by atoms with E-state index in [0.29, 0.717) is 17.9 Å². The minimum atomic E-state index is -4.68. The zero-order valence-electron chi connectivity index (χ0n) is 10.9. The molecule has 0 aliphatic rings. The lowest BCUT2D eigenvalue weighted by Gasteiger charge is -2.15. The summed E-state index contributed by atoms with van der Waals surface area (Å²) in [5.74, 6) is -1.12. The number of aldehydes is 1. The number of ether oxygens (including phenoxy) is 1. The minimum Gasteiger partial charge on any atom is -0.456 e. The normalized spacial score (nSPS) is 11.3. The van der Waals surface area contributed by atoms with Gasteiger partial charge in [-0.3, -0.25) is 4.79 Å². The molecular weight excluding hydrogens is 288 g/mol. The summed E-state index contributed by atoms with van der Waals surface area (Å²) in [6.45, 7) is 1.59. The molecule has 0 amide bonds. The van der Waals surface area contributed by atoms with E-state index in [4.69, 9.17) is 4.74 Å². The van der Waals surface area contributed by atoms with Crippen LogP contribution in [0.3, 0.4) is 0 Å². The number of aryl methyl sites for hydroxylation is 1. The van der Waals surface area contributed by atoms with Crippen molar-refractivity contribution in [2.45, 2.75) is 13.1 Å². The third-order valence-electron chi connectivity index (χ3n) is 2.82. The van der Waals surface area contributed by atoms with Gasteiger partial charge in [-0.2, -0.15) is 13.2 Å². The molecule has 0 fully saturated rings. The largest absolute Gasteiger partial charge is 0.456 e. The van der Waals surface area contributed by atoms with Crippen molar-refractivity contribution in [2.24, 2.45) is 0 Å². The van der Waals surface area contributed by atoms with E-state index < -0.39 is 23.3 Å². The first-order chi connectivity index (χ1) is 9.81. The van der Waals surface area contributed by atoms with Crippen molar-refractivity contribution >= 4 is 6.29 Å². The highest BCUT2D eigenvalue weighted by Crippen LogP contribution is 2.39. The number of halogens is 4. The van der Waals surface area contributed by atoms with Crippen molar-refractivity contribution in [1.29, 1.82) is 0 Å². The quantitative estimate of drug-likeness (QED) is 0.603. The fraction of sp³-hybridized carbons (Fsp3) is 0.133. The molecule has 0 saturated heterocycles. The molecule has 0 saturated carbocycles. The van der Waals surface area contributed by atoms with Crippen LogP contribution >= 0.6 is 0 Å². The Labute approximate surface area is 118 Å². The molecule has 0 heterocycles. The van der Waals surface area contributed by atoms with Crippen molar-refractivity contribution in [3.63, 3.8) is 0 Å². The third kappa shape index (κ3) is 3.39. The zero-order chi connectivity index (χ0) is 15.6. The van der Waals surface area contributed by atoms with Crippen LogP contribution in [-0.2, 0) is 6.18 Å². The van der Waals surface area contributed by atoms with Crippen LogP contribution in [0.1, 0.15) is 21.5 Å². The molecule has 0 spiro atoms. The van der Waals surface area contributed by atoms with Crippen molar-refractivity contribution in [3.05, 3.63) is 58.9 Å². The standard InChI is InChI=1S/C15H10F4O2/c1-9-2-4-11(16)7-14(9)21-13-5-3-10(8-20)6-12(13)15(17,18)19/h2-8H,1H3. The summed E-state index contributed by atoms with van der Waals surface area (Å²) in [6, 6.07) is 6.52. The molecule has 0 aliphatic heterocycles. The Hall–Kier alpha value is -2.37. The van der Waals surface area contributed by atoms with Crippen LogP contribution in [0.2, 0.25) is 0 Å². The molecule has 2 rings (SSSR count). The van der Waals surface area contributed by atoms with E-state index in [1.807, 2.05) is 0 Å². The fourth-order valence-electron chi connectivity index (χ4n) is 1.73. The van der Waals surface area contributed by atoms with E-state index in [9.17, 15) is 22.4 Å². The minimum absolute atomic E-state index is 0.0145. The lowest BCUT2D eigenvalue weighted by molar-refractivity contribution is -0.138. The van der Waals surface area contributed by atoms with Gasteiger partial charge in [-0.15, -0.1) is 0 Å². The monoisotopic (exact) mass is 298 g/mol. The molecule has 0 bridgehead atoms. The molecule has 0 N–H and O–H groups in total. The molecule has 0 atom stereocenters. The van der Waals surface area contributed by atoms with Crippen molar-refractivity contribution < 1.29 is 27.1 Å². The van der Waals surface area contributed by atoms with Gasteiger partial charge in [0.1, 0.15) is 23.6 Å². The molecule has 6 heteroatoms. The van der Waals surface area contributed by atoms with E-state index in [-0.39, 0.29) is 11.3 Å². The number of benzene rings is 2. The Morgan fingerprint density at radius 1 is 1.05 bits per heavy atom. The molecular formula is C15H10F4O2. The fourth-order valence-corrected chi connectivity index (χ4v) is 1.73. The van der Waals surface area contributed by atoms with Crippen LogP contribution in [0.4, 0.5) is 17.6 Å². The van der Waals surface area contributed by atoms with Gasteiger partial charge in [0, 0.05) is 11.6 Å². The van der Waals surface area contributed by atoms with Gasteiger partial charge in [-0.25, -0.2) is 4.39 Å². The Morgan fingerprint density at radius 3 is 2.38 bits per heavy atom. The maximum Gasteiger partial charge on any atom is 0.420 e. The number of carbonyl (C=O) groups excluding carboxylic acids is 1. The first kappa shape index (κ1) is 15.0. The van der Waals surface area contributed by atoms with Crippen molar-refractivity contribution in [3.8, 4) is 11.5 Å². The highest BCUT2D eigenvalue weighted by Gasteiger charge is 2.35. The second kappa shape index (κ2) is 5.55. The molecule has 0 unspecified atom stereocenters. The van der Waals surface area contributed by atoms with Gasteiger partial charge in [0.25, 0.3) is 0 Å². The average Bonchev–Trinajstić information content (AvgIpc) is 2.42. The van der Waals surface area contributed by atoms with Crippen molar-refractivity contribution in [2.75, 3.05) is 0 Å². The van der Waals surface area contributed by atoms with Crippen LogP contribution in [0.25, 0.3) is 0 Å². The predicted octanol–water partition coefficient (Wildman–Crippen LogP) is 4.76. The Bertz CT molecular complexity index is 678. The highest BCUT2D eigenvalue weighted by molar-refractivity contribution is 5.75. The van der Waals surface area contributed by atoms with Crippen LogP contribution < -0.4 is 4.74 Å². The van der Waals surface area contributed by atoms with E-state index in [0.717, 1.165) is 12.1 Å². The molecule has 0 radical (unpaired) electrons. The first-order valence-electron chi connectivity index (χ1n) is 5.91. The Balaban J connectivity index is 2.48. The average molecular weight is 298 g/mol. The van der Waals surface area contributed by atoms with E-state index in [2.05, 4.69) is 0 Å². The molecule has 110 valence electrons. The number of alkyl halides is 3. The van der Waals surface area contributed by atoms with Crippen molar-refractivity contribution in [1.82, 2.24) is 0 Å². The Morgan fingerprint density at radius 2 is 1.76 bits per heavy atom. The molecule has 2 aromatic rings. The van der Waals surface area contributed by atoms with Gasteiger partial charge in [-0.05, 0) is 36.8 Å². The maximum atomic E-state index is 13.2. The van der Waals surface area contributed by atoms with Gasteiger partial charge >= 0.3 is 6.18 Å². The van der Waals surface area contributed by atoms with Crippen LogP contribution in [-0.4, -0.2) is 6.29 Å². The number of hydrogen-bond acceptors (Lipinski definition) is 2. The van der Waals surface area contributed by atoms with Crippen LogP contribution in [0, 0.1) is 12.7 Å². The summed E-state index contributed by atoms with van der Waals surface area (Å²) in [6.07, 6.45) is -4.37. The van der Waals surface area contributed by atoms with Gasteiger partial charge < -0.3 is 4.74 Å². The van der Waals surface area contributed by atoms with E-state index in [1.165, 1.54) is 18.2 Å². The zero-order valence-corrected chi connectivity index (χ0v) is 10.9. The molecule has 2 nitrogen and oxygen atoms in total. The Kier molecular flexibility index (Phi) is 3.97. The second-order valence-electron chi connectivity index (χ2n) is 4.38. The summed E-state index contributed by atoms with van der Waals surface area (Å²) < 4.78 is 57.3. The van der Waals surface area contributed by atoms with E-state index in [1.54, 1.807) is 6.92 Å². The van der Waals surface area contributed by atoms with E-state index >= 15 is 0 Å². The van der Waals surface area contributed by atoms with Gasteiger partial charge in [0.05, 0.1) is 5.56 Å². The molecule has 21 heavy (non-hydrogen) atoms. The maximum absolute atomic E-state index is 13.2. The topological polar surface area (TPSA) is 26.3 Å². The first-order valence-corrected chi connectivity index (χ1v) is 5.91. The summed E-state index contributed by atoms with van der Waals surface area (Å²) in [5.41, 5.74) is -0.717. The summed E-state index contributed by atoms with van der Waals surface area (Å²) >= 11 is 0. The highest BCUT2D eigenvalue weighted by atomic mass is 19.4. The SMILES string of the molecule is Cc1ccc(F)cc1Oc1ccc(C=O)cc1C(F)(F)F. The summed E-state index contributed by atoms with van der Waals surface area (Å²) in [5, 5.41) is 0. The second-order valence-corrected chi connectivity index (χ2v) is 4.38. The van der Waals surface area contributed by atoms with Gasteiger partial charge in [-0.1, -0.05) is 6.07 Å². The number of rotatable bonds is 3. The lowest BCUT2D eigenvalue weighted by Crippen LogP contribution is -2.08. The number of hydrogen-bond donors (Lipinski definition) is 0. The smallest absolute Gasteiger partial charge is 0.420 e. The summed E-state index contributed by atoms with van der Waals surface area (Å²) in [7, 11) is 0. The summed E-state index contributed by atoms with van der Waals surface area (Å²) in [4.78, 5) is 10.6. The molecule has 0 aromatic heterocycles. The van der Waals surface area contributed by atoms with Gasteiger partial charge in [0.2, 0.25) is 0 Å². The van der Waals surface area contributed by atoms with Crippen LogP contribution in [0.5, 0.6) is 11.5 Å². The number of carbonyl (C=O) groups is 1. The molecule has 0 aliphatic carbocycles. The predicted molar refractivity (Wildman–Crippen MR) is 68.0 cm³/mol. The lowest BCUT2D eigenvalue weighted by atomic mass is 10.1. The molecule has 2 aromatic carbocycles. The van der Waals surface area contributed by atoms with Gasteiger partial charge in [0.15, 0.2) is 0 Å². The third-order valence-corrected chi connectivity index (χ3v) is 2.82.